The lowest BCUT2D eigenvalue weighted by Gasteiger charge is -2.18. The summed E-state index contributed by atoms with van der Waals surface area (Å²) in [5.41, 5.74) is 1.11. The summed E-state index contributed by atoms with van der Waals surface area (Å²) in [6.07, 6.45) is 4.23. The number of carbonyl (C=O) groups is 1. The zero-order chi connectivity index (χ0) is 13.0. The van der Waals surface area contributed by atoms with Crippen molar-refractivity contribution in [3.05, 3.63) is 18.0 Å². The molecule has 0 bridgehead atoms. The number of ether oxygens (including phenoxy) is 1. The molecule has 2 atom stereocenters. The van der Waals surface area contributed by atoms with E-state index in [0.29, 0.717) is 13.0 Å². The largest absolute Gasteiger partial charge is 0.378 e. The maximum Gasteiger partial charge on any atom is 0.222 e. The van der Waals surface area contributed by atoms with E-state index in [-0.39, 0.29) is 30.5 Å². The van der Waals surface area contributed by atoms with Gasteiger partial charge in [0, 0.05) is 39.4 Å². The number of hydrogen-bond acceptors (Lipinski definition) is 4. The molecule has 1 aliphatic heterocycles. The minimum atomic E-state index is 0. The molecule has 0 radical (unpaired) electrons. The molecular weight excluding hydrogens is 268 g/mol. The van der Waals surface area contributed by atoms with Crippen LogP contribution in [0.5, 0.6) is 0 Å². The fourth-order valence-corrected chi connectivity index (χ4v) is 2.13. The van der Waals surface area contributed by atoms with E-state index in [9.17, 15) is 4.79 Å². The molecule has 19 heavy (non-hydrogen) atoms. The first kappa shape index (κ1) is 15.9. The van der Waals surface area contributed by atoms with Crippen LogP contribution in [0.3, 0.4) is 0 Å². The molecule has 0 spiro atoms. The summed E-state index contributed by atoms with van der Waals surface area (Å²) in [7, 11) is 1.67. The Labute approximate surface area is 119 Å². The van der Waals surface area contributed by atoms with Crippen LogP contribution in [0.25, 0.3) is 0 Å². The number of hydrogen-bond donors (Lipinski definition) is 2. The van der Waals surface area contributed by atoms with Gasteiger partial charge >= 0.3 is 0 Å². The molecule has 6 nitrogen and oxygen atoms in total. The van der Waals surface area contributed by atoms with Crippen molar-refractivity contribution in [3.63, 3.8) is 0 Å². The number of nitrogens with one attached hydrogen (secondary N) is 2. The van der Waals surface area contributed by atoms with Gasteiger partial charge in [-0.3, -0.25) is 9.48 Å². The third-order valence-corrected chi connectivity index (χ3v) is 3.14. The lowest BCUT2D eigenvalue weighted by molar-refractivity contribution is -0.122. The number of halogens is 1. The molecule has 0 unspecified atom stereocenters. The molecule has 7 heteroatoms. The highest BCUT2D eigenvalue weighted by Gasteiger charge is 2.27. The molecule has 0 saturated carbocycles. The second-order valence-corrected chi connectivity index (χ2v) is 4.64. The van der Waals surface area contributed by atoms with Gasteiger partial charge in [-0.05, 0) is 12.5 Å². The highest BCUT2D eigenvalue weighted by Crippen LogP contribution is 2.04. The fraction of sp³-hybridized carbons (Fsp3) is 0.667. The minimum Gasteiger partial charge on any atom is -0.378 e. The Kier molecular flexibility index (Phi) is 6.27. The summed E-state index contributed by atoms with van der Waals surface area (Å²) in [6.45, 7) is 4.15. The summed E-state index contributed by atoms with van der Waals surface area (Å²) in [5, 5.41) is 10.3. The quantitative estimate of drug-likeness (QED) is 0.807. The van der Waals surface area contributed by atoms with E-state index < -0.39 is 0 Å². The Bertz CT molecular complexity index is 410. The lowest BCUT2D eigenvalue weighted by atomic mass is 10.2. The minimum absolute atomic E-state index is 0. The first-order valence-electron chi connectivity index (χ1n) is 6.21. The molecule has 1 saturated heterocycles. The van der Waals surface area contributed by atoms with Gasteiger partial charge in [-0.2, -0.15) is 5.10 Å². The predicted octanol–water partition coefficient (Wildman–Crippen LogP) is 0.106. The molecule has 1 aromatic heterocycles. The maximum absolute atomic E-state index is 11.8. The van der Waals surface area contributed by atoms with Crippen LogP contribution >= 0.6 is 12.4 Å². The van der Waals surface area contributed by atoms with Crippen LogP contribution in [0.4, 0.5) is 0 Å². The number of aryl methyl sites for hydroxylation is 2. The van der Waals surface area contributed by atoms with Crippen molar-refractivity contribution in [2.45, 2.75) is 32.0 Å². The van der Waals surface area contributed by atoms with E-state index in [0.717, 1.165) is 18.7 Å². The van der Waals surface area contributed by atoms with Crippen molar-refractivity contribution < 1.29 is 9.53 Å². The van der Waals surface area contributed by atoms with Crippen LogP contribution in [0.2, 0.25) is 0 Å². The Morgan fingerprint density at radius 3 is 3.05 bits per heavy atom. The third kappa shape index (κ3) is 4.49. The van der Waals surface area contributed by atoms with Gasteiger partial charge < -0.3 is 15.4 Å². The molecule has 0 aliphatic carbocycles. The van der Waals surface area contributed by atoms with E-state index in [4.69, 9.17) is 4.74 Å². The van der Waals surface area contributed by atoms with Gasteiger partial charge in [0.15, 0.2) is 0 Å². The number of rotatable bonds is 5. The summed E-state index contributed by atoms with van der Waals surface area (Å²) in [4.78, 5) is 11.8. The smallest absolute Gasteiger partial charge is 0.222 e. The van der Waals surface area contributed by atoms with Gasteiger partial charge in [-0.1, -0.05) is 0 Å². The Morgan fingerprint density at radius 1 is 1.63 bits per heavy atom. The van der Waals surface area contributed by atoms with Gasteiger partial charge in [0.2, 0.25) is 5.91 Å². The second-order valence-electron chi connectivity index (χ2n) is 4.64. The SMILES string of the molecule is CO[C@H]1CNC[C@@H]1NC(=O)CCn1cc(C)cn1.Cl. The summed E-state index contributed by atoms with van der Waals surface area (Å²) in [6, 6.07) is 0.0712. The number of aromatic nitrogens is 2. The molecular formula is C12H21ClN4O2. The molecule has 0 aromatic carbocycles. The van der Waals surface area contributed by atoms with Gasteiger partial charge in [0.1, 0.15) is 0 Å². The van der Waals surface area contributed by atoms with Crippen LogP contribution in [-0.4, -0.2) is 48.0 Å². The van der Waals surface area contributed by atoms with E-state index in [2.05, 4.69) is 15.7 Å². The van der Waals surface area contributed by atoms with Crippen LogP contribution in [0.15, 0.2) is 12.4 Å². The van der Waals surface area contributed by atoms with Crippen molar-refractivity contribution >= 4 is 18.3 Å². The number of nitrogens with zero attached hydrogens (tertiary/aromatic N) is 2. The molecule has 2 heterocycles. The standard InChI is InChI=1S/C12H20N4O2.ClH/c1-9-5-14-16(8-9)4-3-12(17)15-10-6-13-7-11(10)18-2;/h5,8,10-11,13H,3-4,6-7H2,1-2H3,(H,15,17);1H/t10-,11-;/m0./s1. The van der Waals surface area contributed by atoms with Crippen LogP contribution in [-0.2, 0) is 16.1 Å². The molecule has 108 valence electrons. The summed E-state index contributed by atoms with van der Waals surface area (Å²) < 4.78 is 7.08. The first-order chi connectivity index (χ1) is 8.69. The van der Waals surface area contributed by atoms with Gasteiger partial charge in [-0.15, -0.1) is 12.4 Å². The molecule has 1 aromatic rings. The van der Waals surface area contributed by atoms with E-state index >= 15 is 0 Å². The summed E-state index contributed by atoms with van der Waals surface area (Å²) >= 11 is 0. The zero-order valence-electron chi connectivity index (χ0n) is 11.3. The normalized spacial score (nSPS) is 22.0. The highest BCUT2D eigenvalue weighted by molar-refractivity contribution is 5.85. The summed E-state index contributed by atoms with van der Waals surface area (Å²) in [5.74, 6) is 0.0407. The number of methoxy groups -OCH3 is 1. The monoisotopic (exact) mass is 288 g/mol. The van der Waals surface area contributed by atoms with Crippen molar-refractivity contribution in [2.24, 2.45) is 0 Å². The van der Waals surface area contributed by atoms with E-state index in [1.165, 1.54) is 0 Å². The average molecular weight is 289 g/mol. The molecule has 1 aliphatic rings. The Hall–Kier alpha value is -1.11. The lowest BCUT2D eigenvalue weighted by Crippen LogP contribution is -2.43. The van der Waals surface area contributed by atoms with Gasteiger partial charge in [0.25, 0.3) is 0 Å². The molecule has 2 rings (SSSR count). The van der Waals surface area contributed by atoms with E-state index in [1.807, 2.05) is 13.1 Å². The fourth-order valence-electron chi connectivity index (χ4n) is 2.13. The second kappa shape index (κ2) is 7.47. The Balaban J connectivity index is 0.00000180. The van der Waals surface area contributed by atoms with Gasteiger partial charge in [0.05, 0.1) is 18.3 Å². The van der Waals surface area contributed by atoms with Crippen LogP contribution < -0.4 is 10.6 Å². The van der Waals surface area contributed by atoms with Gasteiger partial charge in [-0.25, -0.2) is 0 Å². The Morgan fingerprint density at radius 2 is 2.42 bits per heavy atom. The first-order valence-corrected chi connectivity index (χ1v) is 6.21. The van der Waals surface area contributed by atoms with Crippen molar-refractivity contribution in [1.29, 1.82) is 0 Å². The van der Waals surface area contributed by atoms with Crippen molar-refractivity contribution in [1.82, 2.24) is 20.4 Å². The van der Waals surface area contributed by atoms with E-state index in [1.54, 1.807) is 18.0 Å². The third-order valence-electron chi connectivity index (χ3n) is 3.14. The highest BCUT2D eigenvalue weighted by atomic mass is 35.5. The molecule has 1 fully saturated rings. The molecule has 1 amide bonds. The van der Waals surface area contributed by atoms with Crippen molar-refractivity contribution in [3.8, 4) is 0 Å². The average Bonchev–Trinajstić information content (AvgIpc) is 2.95. The number of amides is 1. The maximum atomic E-state index is 11.8. The number of carbonyl (C=O) groups excluding carboxylic acids is 1. The topological polar surface area (TPSA) is 68.2 Å². The predicted molar refractivity (Wildman–Crippen MR) is 74.4 cm³/mol. The van der Waals surface area contributed by atoms with Crippen LogP contribution in [0, 0.1) is 6.92 Å². The zero-order valence-corrected chi connectivity index (χ0v) is 12.1. The van der Waals surface area contributed by atoms with Crippen molar-refractivity contribution in [2.75, 3.05) is 20.2 Å². The van der Waals surface area contributed by atoms with Crippen LogP contribution in [0.1, 0.15) is 12.0 Å². The molecule has 2 N–H and O–H groups in total.